The highest BCUT2D eigenvalue weighted by atomic mass is 16.6. The van der Waals surface area contributed by atoms with Gasteiger partial charge < -0.3 is 28.4 Å². The summed E-state index contributed by atoms with van der Waals surface area (Å²) < 4.78 is 35.3. The van der Waals surface area contributed by atoms with E-state index in [4.69, 9.17) is 28.4 Å². The van der Waals surface area contributed by atoms with Crippen LogP contribution in [0.3, 0.4) is 0 Å². The van der Waals surface area contributed by atoms with E-state index in [2.05, 4.69) is 138 Å². The highest BCUT2D eigenvalue weighted by Crippen LogP contribution is 2.46. The van der Waals surface area contributed by atoms with Gasteiger partial charge in [-0.2, -0.15) is 0 Å². The Labute approximate surface area is 611 Å². The number of esters is 6. The number of hydrogen-bond acceptors (Lipinski definition) is 12. The molecule has 6 fully saturated rings. The molecule has 12 nitrogen and oxygen atoms in total. The summed E-state index contributed by atoms with van der Waals surface area (Å²) in [6, 6.07) is 0. The Morgan fingerprint density at radius 2 is 0.414 bits per heavy atom. The Hall–Kier alpha value is -3.18. The van der Waals surface area contributed by atoms with Crippen molar-refractivity contribution in [2.24, 2.45) is 44.3 Å². The molecule has 0 aromatic carbocycles. The van der Waals surface area contributed by atoms with Crippen molar-refractivity contribution in [3.63, 3.8) is 0 Å². The molecule has 6 saturated carbocycles. The molecule has 0 bridgehead atoms. The lowest BCUT2D eigenvalue weighted by Crippen LogP contribution is -2.45. The average Bonchev–Trinajstić information content (AvgIpc) is 1.71. The van der Waals surface area contributed by atoms with Crippen LogP contribution in [-0.2, 0) is 57.2 Å². The first-order valence-corrected chi connectivity index (χ1v) is 41.7. The van der Waals surface area contributed by atoms with Crippen molar-refractivity contribution < 1.29 is 57.2 Å². The lowest BCUT2D eigenvalue weighted by molar-refractivity contribution is -0.182. The second-order valence-corrected chi connectivity index (χ2v) is 34.7. The molecule has 99 heavy (non-hydrogen) atoms. The SMILES string of the molecule is CCC(C)(CC)C(=O)OC1(C(C)C)CCCC1.CCC(C)(CC)C(=O)OC1(C(C)C)CCCCC1.CCC(C)(CC)C(=O)OC1(C)CCCC1.CCC(C)(CC)C(=O)OC1(C)CCCCC1.CCC1(OC(=O)C(C)(CC)CC)CCCC1.CCC1(OC(=O)C(C)(CC)CC)CCCCC1. The molecule has 0 atom stereocenters. The lowest BCUT2D eigenvalue weighted by atomic mass is 9.76. The van der Waals surface area contributed by atoms with Crippen molar-refractivity contribution in [1.29, 1.82) is 0 Å². The molecule has 0 saturated heterocycles. The summed E-state index contributed by atoms with van der Waals surface area (Å²) >= 11 is 0. The van der Waals surface area contributed by atoms with Crippen molar-refractivity contribution in [3.05, 3.63) is 0 Å². The zero-order valence-electron chi connectivity index (χ0n) is 70.0. The standard InChI is InChI=1S/C16H30O2.2C15H28O2.2C14H26O2.C13H24O2/c1-6-15(5,7-2)14(17)18-16(13(3)4)11-9-8-10-12-16;1-6-14(5,7-2)13(16)17-15(12(3)4)10-8-9-11-15;1-5-14(4,6-2)13(16)17-15(7-3)11-9-8-10-12-15;1-5-13(3,6-2)12(15)16-14(4)10-8-7-9-11-14;1-5-13(4,6-2)12(15)16-14(7-3)10-8-9-11-14;1-5-12(3,6-2)11(14)15-13(4)9-7-8-10-13/h13H,6-12H2,1-5H3;12H,6-11H2,1-5H3;5-12H2,1-4H3;2*5-11H2,1-4H3;5-10H2,1-4H3. The molecule has 0 amide bonds. The first kappa shape index (κ1) is 93.8. The van der Waals surface area contributed by atoms with E-state index in [-0.39, 0.29) is 102 Å². The molecule has 0 unspecified atom stereocenters. The fourth-order valence-corrected chi connectivity index (χ4v) is 14.8. The van der Waals surface area contributed by atoms with Gasteiger partial charge in [0.1, 0.15) is 33.6 Å². The summed E-state index contributed by atoms with van der Waals surface area (Å²) in [7, 11) is 0. The molecule has 0 aromatic rings. The van der Waals surface area contributed by atoms with Crippen molar-refractivity contribution >= 4 is 35.8 Å². The van der Waals surface area contributed by atoms with E-state index in [0.717, 1.165) is 167 Å². The average molecular weight is 1400 g/mol. The Morgan fingerprint density at radius 3 is 0.616 bits per heavy atom. The number of carbonyl (C=O) groups is 6. The summed E-state index contributed by atoms with van der Waals surface area (Å²) in [5, 5.41) is 0. The van der Waals surface area contributed by atoms with Gasteiger partial charge in [-0.15, -0.1) is 0 Å². The van der Waals surface area contributed by atoms with E-state index >= 15 is 0 Å². The van der Waals surface area contributed by atoms with Crippen LogP contribution in [0, 0.1) is 44.3 Å². The van der Waals surface area contributed by atoms with Crippen LogP contribution in [0.25, 0.3) is 0 Å². The second-order valence-electron chi connectivity index (χ2n) is 34.7. The minimum atomic E-state index is -0.306. The van der Waals surface area contributed by atoms with Crippen molar-refractivity contribution in [1.82, 2.24) is 0 Å². The maximum Gasteiger partial charge on any atom is 0.312 e. The first-order valence-electron chi connectivity index (χ1n) is 41.7. The van der Waals surface area contributed by atoms with Crippen LogP contribution >= 0.6 is 0 Å². The molecule has 6 aliphatic rings. The maximum atomic E-state index is 12.5. The van der Waals surface area contributed by atoms with Gasteiger partial charge in [0.15, 0.2) is 0 Å². The van der Waals surface area contributed by atoms with Gasteiger partial charge in [0.2, 0.25) is 0 Å². The van der Waals surface area contributed by atoms with Crippen LogP contribution in [-0.4, -0.2) is 69.4 Å². The monoisotopic (exact) mass is 1400 g/mol. The predicted molar refractivity (Wildman–Crippen MR) is 411 cm³/mol. The Balaban J connectivity index is 0.000000594. The molecule has 0 N–H and O–H groups in total. The van der Waals surface area contributed by atoms with Crippen molar-refractivity contribution in [2.45, 2.75) is 477 Å². The maximum absolute atomic E-state index is 12.5. The third-order valence-electron chi connectivity index (χ3n) is 27.6. The fourth-order valence-electron chi connectivity index (χ4n) is 14.8. The summed E-state index contributed by atoms with van der Waals surface area (Å²) in [6.07, 6.45) is 43.0. The molecule has 12 heteroatoms. The molecular formula is C87H162O12. The van der Waals surface area contributed by atoms with Crippen LogP contribution in [0.15, 0.2) is 0 Å². The van der Waals surface area contributed by atoms with Gasteiger partial charge in [-0.25, -0.2) is 0 Å². The quantitative estimate of drug-likeness (QED) is 0.0540. The van der Waals surface area contributed by atoms with E-state index in [1.807, 2.05) is 41.5 Å². The Morgan fingerprint density at radius 1 is 0.253 bits per heavy atom. The third-order valence-corrected chi connectivity index (χ3v) is 27.6. The van der Waals surface area contributed by atoms with E-state index in [0.29, 0.717) is 11.8 Å². The summed E-state index contributed by atoms with van der Waals surface area (Å²) in [4.78, 5) is 73.7. The van der Waals surface area contributed by atoms with Gasteiger partial charge in [0.25, 0.3) is 0 Å². The number of carbonyl (C=O) groups excluding carboxylic acids is 6. The molecule has 0 spiro atoms. The number of hydrogen-bond donors (Lipinski definition) is 0. The zero-order chi connectivity index (χ0) is 75.9. The molecular weight excluding hydrogens is 1240 g/mol. The van der Waals surface area contributed by atoms with Crippen LogP contribution in [0.4, 0.5) is 0 Å². The number of ether oxygens (including phenoxy) is 6. The largest absolute Gasteiger partial charge is 0.459 e. The summed E-state index contributed by atoms with van der Waals surface area (Å²) in [5.41, 5.74) is -2.79. The Bertz CT molecular complexity index is 2300. The van der Waals surface area contributed by atoms with Crippen LogP contribution < -0.4 is 0 Å². The molecule has 6 aliphatic carbocycles. The summed E-state index contributed by atoms with van der Waals surface area (Å²) in [5.74, 6) is 0.902. The highest BCUT2D eigenvalue weighted by Gasteiger charge is 2.47. The zero-order valence-corrected chi connectivity index (χ0v) is 70.0. The van der Waals surface area contributed by atoms with Gasteiger partial charge in [0, 0.05) is 0 Å². The van der Waals surface area contributed by atoms with E-state index in [1.165, 1.54) is 96.3 Å². The van der Waals surface area contributed by atoms with Crippen molar-refractivity contribution in [3.8, 4) is 0 Å². The smallest absolute Gasteiger partial charge is 0.312 e. The minimum Gasteiger partial charge on any atom is -0.459 e. The molecule has 0 radical (unpaired) electrons. The minimum absolute atomic E-state index is 0.00176. The molecule has 582 valence electrons. The van der Waals surface area contributed by atoms with Gasteiger partial charge in [-0.1, -0.05) is 144 Å². The number of rotatable bonds is 28. The molecule has 0 heterocycles. The first-order chi connectivity index (χ1) is 46.2. The topological polar surface area (TPSA) is 158 Å². The van der Waals surface area contributed by atoms with Gasteiger partial charge in [-0.3, -0.25) is 28.8 Å². The molecule has 0 aliphatic heterocycles. The highest BCUT2D eigenvalue weighted by molar-refractivity contribution is 5.79. The third kappa shape index (κ3) is 27.0. The Kier molecular flexibility index (Phi) is 40.5. The van der Waals surface area contributed by atoms with E-state index < -0.39 is 0 Å². The second kappa shape index (κ2) is 42.7. The van der Waals surface area contributed by atoms with Crippen LogP contribution in [0.1, 0.15) is 443 Å². The fraction of sp³-hybridized carbons (Fsp3) is 0.931. The summed E-state index contributed by atoms with van der Waals surface area (Å²) in [6.45, 7) is 54.1. The normalized spacial score (nSPS) is 20.0. The lowest BCUT2D eigenvalue weighted by Gasteiger charge is -2.42. The van der Waals surface area contributed by atoms with Crippen molar-refractivity contribution in [2.75, 3.05) is 0 Å². The molecule has 6 rings (SSSR count). The van der Waals surface area contributed by atoms with Gasteiger partial charge in [-0.05, 0) is 311 Å². The van der Waals surface area contributed by atoms with Crippen LogP contribution in [0.2, 0.25) is 0 Å². The van der Waals surface area contributed by atoms with E-state index in [9.17, 15) is 28.8 Å². The predicted octanol–water partition coefficient (Wildman–Crippen LogP) is 25.4. The molecule has 0 aromatic heterocycles. The van der Waals surface area contributed by atoms with Crippen LogP contribution in [0.5, 0.6) is 0 Å². The van der Waals surface area contributed by atoms with Gasteiger partial charge >= 0.3 is 35.8 Å². The van der Waals surface area contributed by atoms with E-state index in [1.54, 1.807) is 0 Å². The van der Waals surface area contributed by atoms with Gasteiger partial charge in [0.05, 0.1) is 32.5 Å².